The van der Waals surface area contributed by atoms with Gasteiger partial charge in [-0.1, -0.05) is 0 Å². The summed E-state index contributed by atoms with van der Waals surface area (Å²) < 4.78 is 0. The zero-order valence-electron chi connectivity index (χ0n) is 6.02. The van der Waals surface area contributed by atoms with E-state index in [1.54, 1.807) is 0 Å². The molecule has 1 rings (SSSR count). The molecule has 64 valence electrons. The molecule has 0 saturated carbocycles. The molecular weight excluding hydrogens is 178 g/mol. The van der Waals surface area contributed by atoms with Crippen molar-refractivity contribution >= 4 is 24.0 Å². The fraction of sp³-hybridized carbons (Fsp3) is 0. The zero-order chi connectivity index (χ0) is 9.14. The number of nitrogens with one attached hydrogen (secondary N) is 1. The van der Waals surface area contributed by atoms with Crippen molar-refractivity contribution in [3.05, 3.63) is 28.3 Å². The van der Waals surface area contributed by atoms with Crippen LogP contribution in [0.3, 0.4) is 0 Å². The van der Waals surface area contributed by atoms with Crippen molar-refractivity contribution in [1.29, 1.82) is 0 Å². The van der Waals surface area contributed by atoms with Crippen LogP contribution in [0.5, 0.6) is 0 Å². The summed E-state index contributed by atoms with van der Waals surface area (Å²) >= 11 is 4.03. The molecule has 3 N–H and O–H groups in total. The van der Waals surface area contributed by atoms with E-state index in [-0.39, 0.29) is 5.69 Å². The maximum absolute atomic E-state index is 10.3. The maximum atomic E-state index is 10.3. The standard InChI is InChI=1S/C6H7N3O2S/c7-8-5-3-4(9(10)11)1-2-6(5)12/h1-3,8,12H,7H2. The molecule has 0 atom stereocenters. The first-order valence-electron chi connectivity index (χ1n) is 3.09. The Hall–Kier alpha value is -1.27. The predicted octanol–water partition coefficient (Wildman–Crippen LogP) is 1.17. The van der Waals surface area contributed by atoms with Gasteiger partial charge in [-0.2, -0.15) is 0 Å². The molecular formula is C6H7N3O2S. The summed E-state index contributed by atoms with van der Waals surface area (Å²) in [5.41, 5.74) is 2.73. The Balaban J connectivity index is 3.13. The molecule has 0 radical (unpaired) electrons. The normalized spacial score (nSPS) is 9.50. The molecule has 5 nitrogen and oxygen atoms in total. The van der Waals surface area contributed by atoms with Gasteiger partial charge in [-0.05, 0) is 6.07 Å². The van der Waals surface area contributed by atoms with Crippen LogP contribution < -0.4 is 11.3 Å². The van der Waals surface area contributed by atoms with Crippen molar-refractivity contribution in [1.82, 2.24) is 0 Å². The second-order valence-electron chi connectivity index (χ2n) is 2.10. The number of non-ortho nitro benzene ring substituents is 1. The third-order valence-corrected chi connectivity index (χ3v) is 1.74. The van der Waals surface area contributed by atoms with E-state index < -0.39 is 4.92 Å². The van der Waals surface area contributed by atoms with Crippen molar-refractivity contribution in [2.75, 3.05) is 5.43 Å². The highest BCUT2D eigenvalue weighted by Gasteiger charge is 2.07. The molecule has 0 aliphatic rings. The molecule has 0 spiro atoms. The number of hydrogen-bond donors (Lipinski definition) is 3. The number of hydrogen-bond acceptors (Lipinski definition) is 5. The van der Waals surface area contributed by atoms with Crippen molar-refractivity contribution in [2.24, 2.45) is 5.84 Å². The highest BCUT2D eigenvalue weighted by Crippen LogP contribution is 2.23. The summed E-state index contributed by atoms with van der Waals surface area (Å²) in [5, 5.41) is 10.3. The Bertz CT molecular complexity index is 316. The molecule has 1 aromatic rings. The average Bonchev–Trinajstić information content (AvgIpc) is 2.05. The lowest BCUT2D eigenvalue weighted by atomic mass is 10.3. The SMILES string of the molecule is NNc1cc([N+](=O)[O-])ccc1S. The molecule has 0 aromatic heterocycles. The van der Waals surface area contributed by atoms with Gasteiger partial charge >= 0.3 is 0 Å². The van der Waals surface area contributed by atoms with E-state index >= 15 is 0 Å². The van der Waals surface area contributed by atoms with Gasteiger partial charge in [-0.15, -0.1) is 12.6 Å². The summed E-state index contributed by atoms with van der Waals surface area (Å²) in [6.07, 6.45) is 0. The Labute approximate surface area is 74.1 Å². The fourth-order valence-electron chi connectivity index (χ4n) is 0.753. The van der Waals surface area contributed by atoms with Gasteiger partial charge < -0.3 is 5.43 Å². The van der Waals surface area contributed by atoms with Crippen LogP contribution in [0, 0.1) is 10.1 Å². The summed E-state index contributed by atoms with van der Waals surface area (Å²) in [6, 6.07) is 4.20. The highest BCUT2D eigenvalue weighted by atomic mass is 32.1. The number of nitrogen functional groups attached to an aromatic ring is 1. The minimum Gasteiger partial charge on any atom is -0.323 e. The van der Waals surface area contributed by atoms with Crippen LogP contribution in [0.25, 0.3) is 0 Å². The van der Waals surface area contributed by atoms with Crippen molar-refractivity contribution in [3.63, 3.8) is 0 Å². The van der Waals surface area contributed by atoms with E-state index in [0.29, 0.717) is 10.6 Å². The maximum Gasteiger partial charge on any atom is 0.271 e. The van der Waals surface area contributed by atoms with Gasteiger partial charge in [-0.3, -0.25) is 16.0 Å². The average molecular weight is 185 g/mol. The lowest BCUT2D eigenvalue weighted by molar-refractivity contribution is -0.384. The van der Waals surface area contributed by atoms with Gasteiger partial charge in [0.2, 0.25) is 0 Å². The first-order chi connectivity index (χ1) is 5.65. The Kier molecular flexibility index (Phi) is 2.51. The molecule has 0 aliphatic heterocycles. The molecule has 0 heterocycles. The Morgan fingerprint density at radius 1 is 1.58 bits per heavy atom. The lowest BCUT2D eigenvalue weighted by Crippen LogP contribution is -2.07. The van der Waals surface area contributed by atoms with Crippen molar-refractivity contribution < 1.29 is 4.92 Å². The summed E-state index contributed by atoms with van der Waals surface area (Å²) in [5.74, 6) is 5.10. The largest absolute Gasteiger partial charge is 0.323 e. The molecule has 0 amide bonds. The van der Waals surface area contributed by atoms with E-state index in [1.165, 1.54) is 18.2 Å². The third-order valence-electron chi connectivity index (χ3n) is 1.35. The van der Waals surface area contributed by atoms with Crippen molar-refractivity contribution in [3.8, 4) is 0 Å². The van der Waals surface area contributed by atoms with Crippen LogP contribution in [-0.4, -0.2) is 4.92 Å². The van der Waals surface area contributed by atoms with Gasteiger partial charge in [0.1, 0.15) is 0 Å². The fourth-order valence-corrected chi connectivity index (χ4v) is 0.957. The van der Waals surface area contributed by atoms with Gasteiger partial charge in [-0.25, -0.2) is 0 Å². The number of nitrogens with zero attached hydrogens (tertiary/aromatic N) is 1. The second kappa shape index (κ2) is 3.42. The predicted molar refractivity (Wildman–Crippen MR) is 48.2 cm³/mol. The van der Waals surface area contributed by atoms with Crippen LogP contribution in [0.2, 0.25) is 0 Å². The second-order valence-corrected chi connectivity index (χ2v) is 2.58. The number of anilines is 1. The van der Waals surface area contributed by atoms with E-state index in [9.17, 15) is 10.1 Å². The van der Waals surface area contributed by atoms with E-state index in [0.717, 1.165) is 0 Å². The van der Waals surface area contributed by atoms with Gasteiger partial charge in [0.15, 0.2) is 0 Å². The number of nitro groups is 1. The zero-order valence-corrected chi connectivity index (χ0v) is 6.91. The van der Waals surface area contributed by atoms with Crippen LogP contribution in [0.4, 0.5) is 11.4 Å². The van der Waals surface area contributed by atoms with E-state index in [4.69, 9.17) is 5.84 Å². The number of nitrogens with two attached hydrogens (primary N) is 1. The van der Waals surface area contributed by atoms with E-state index in [1.807, 2.05) is 0 Å². The summed E-state index contributed by atoms with van der Waals surface area (Å²) in [6.45, 7) is 0. The lowest BCUT2D eigenvalue weighted by Gasteiger charge is -2.01. The van der Waals surface area contributed by atoms with Crippen molar-refractivity contribution in [2.45, 2.75) is 4.90 Å². The minimum absolute atomic E-state index is 0.0132. The monoisotopic (exact) mass is 185 g/mol. The van der Waals surface area contributed by atoms with Gasteiger partial charge in [0.05, 0.1) is 10.6 Å². The number of rotatable bonds is 2. The van der Waals surface area contributed by atoms with E-state index in [2.05, 4.69) is 18.1 Å². The number of hydrazine groups is 1. The minimum atomic E-state index is -0.492. The summed E-state index contributed by atoms with van der Waals surface area (Å²) in [4.78, 5) is 10.4. The van der Waals surface area contributed by atoms with Crippen LogP contribution >= 0.6 is 12.6 Å². The summed E-state index contributed by atoms with van der Waals surface area (Å²) in [7, 11) is 0. The molecule has 6 heteroatoms. The van der Waals surface area contributed by atoms with Gasteiger partial charge in [0.25, 0.3) is 5.69 Å². The smallest absolute Gasteiger partial charge is 0.271 e. The molecule has 0 unspecified atom stereocenters. The molecule has 0 saturated heterocycles. The first kappa shape index (κ1) is 8.82. The molecule has 1 aromatic carbocycles. The first-order valence-corrected chi connectivity index (χ1v) is 3.54. The number of thiol groups is 1. The quantitative estimate of drug-likeness (QED) is 0.279. The van der Waals surface area contributed by atoms with Gasteiger partial charge in [0, 0.05) is 17.0 Å². The molecule has 12 heavy (non-hydrogen) atoms. The molecule has 0 aliphatic carbocycles. The van der Waals surface area contributed by atoms with Crippen LogP contribution in [0.1, 0.15) is 0 Å². The number of benzene rings is 1. The highest BCUT2D eigenvalue weighted by molar-refractivity contribution is 7.80. The topological polar surface area (TPSA) is 81.2 Å². The Morgan fingerprint density at radius 2 is 2.25 bits per heavy atom. The Morgan fingerprint density at radius 3 is 2.75 bits per heavy atom. The molecule has 0 bridgehead atoms. The van der Waals surface area contributed by atoms with Crippen LogP contribution in [-0.2, 0) is 0 Å². The third kappa shape index (κ3) is 1.66. The van der Waals surface area contributed by atoms with Crippen LogP contribution in [0.15, 0.2) is 23.1 Å². The molecule has 0 fully saturated rings. The number of nitro benzene ring substituents is 1.